The minimum absolute atomic E-state index is 0.0370. The van der Waals surface area contributed by atoms with Gasteiger partial charge in [-0.1, -0.05) is 0 Å². The van der Waals surface area contributed by atoms with Crippen LogP contribution < -0.4 is 9.64 Å². The maximum absolute atomic E-state index is 12.7. The molecule has 1 aliphatic heterocycles. The fourth-order valence-corrected chi connectivity index (χ4v) is 2.31. The van der Waals surface area contributed by atoms with E-state index >= 15 is 0 Å². The fraction of sp³-hybridized carbons (Fsp3) is 0.500. The summed E-state index contributed by atoms with van der Waals surface area (Å²) < 4.78 is 11.2. The van der Waals surface area contributed by atoms with Gasteiger partial charge >= 0.3 is 5.97 Å². The average molecular weight is 357 g/mol. The highest BCUT2D eigenvalue weighted by Crippen LogP contribution is 2.34. The third kappa shape index (κ3) is 3.53. The van der Waals surface area contributed by atoms with Crippen molar-refractivity contribution in [2.24, 2.45) is 5.41 Å². The van der Waals surface area contributed by atoms with Crippen molar-refractivity contribution in [3.63, 3.8) is 0 Å². The number of hydrogen-bond donors (Lipinski definition) is 0. The SMILES string of the molecule is CC(=O)OCC(C)(C)C(=O)N1CCOc2ncc(Br)cc21. The molecule has 7 heteroatoms. The van der Waals surface area contributed by atoms with Crippen LogP contribution in [-0.2, 0) is 14.3 Å². The summed E-state index contributed by atoms with van der Waals surface area (Å²) in [5, 5.41) is 0. The number of pyridine rings is 1. The van der Waals surface area contributed by atoms with Gasteiger partial charge in [-0.15, -0.1) is 0 Å². The standard InChI is InChI=1S/C14H17BrN2O4/c1-9(18)21-8-14(2,3)13(19)17-4-5-20-12-11(17)6-10(15)7-16-12/h6-7H,4-5,8H2,1-3H3. The van der Waals surface area contributed by atoms with E-state index in [1.54, 1.807) is 31.0 Å². The number of aromatic nitrogens is 1. The zero-order valence-corrected chi connectivity index (χ0v) is 13.8. The molecule has 1 aliphatic rings. The Labute approximate surface area is 131 Å². The third-order valence-corrected chi connectivity index (χ3v) is 3.54. The first-order chi connectivity index (χ1) is 9.81. The second kappa shape index (κ2) is 6.01. The lowest BCUT2D eigenvalue weighted by molar-refractivity contribution is -0.146. The molecule has 21 heavy (non-hydrogen) atoms. The van der Waals surface area contributed by atoms with Crippen LogP contribution in [0.3, 0.4) is 0 Å². The minimum Gasteiger partial charge on any atom is -0.474 e. The van der Waals surface area contributed by atoms with E-state index in [-0.39, 0.29) is 12.5 Å². The highest BCUT2D eigenvalue weighted by molar-refractivity contribution is 9.10. The molecular weight excluding hydrogens is 340 g/mol. The zero-order chi connectivity index (χ0) is 15.6. The van der Waals surface area contributed by atoms with Gasteiger partial charge in [0.1, 0.15) is 18.9 Å². The van der Waals surface area contributed by atoms with E-state index in [0.717, 1.165) is 4.47 Å². The van der Waals surface area contributed by atoms with Crippen LogP contribution in [0.5, 0.6) is 5.88 Å². The Morgan fingerprint density at radius 1 is 1.52 bits per heavy atom. The summed E-state index contributed by atoms with van der Waals surface area (Å²) >= 11 is 3.34. The molecule has 0 unspecified atom stereocenters. The molecule has 0 aromatic carbocycles. The van der Waals surface area contributed by atoms with Crippen LogP contribution in [-0.4, -0.2) is 36.6 Å². The largest absolute Gasteiger partial charge is 0.474 e. The molecule has 0 aliphatic carbocycles. The molecule has 0 spiro atoms. The number of carbonyl (C=O) groups is 2. The van der Waals surface area contributed by atoms with Crippen LogP contribution in [0.4, 0.5) is 5.69 Å². The lowest BCUT2D eigenvalue weighted by Crippen LogP contribution is -2.47. The summed E-state index contributed by atoms with van der Waals surface area (Å²) in [5.74, 6) is -0.100. The second-order valence-corrected chi connectivity index (χ2v) is 6.36. The van der Waals surface area contributed by atoms with Gasteiger partial charge < -0.3 is 14.4 Å². The van der Waals surface area contributed by atoms with Gasteiger partial charge in [-0.05, 0) is 35.8 Å². The van der Waals surface area contributed by atoms with Crippen LogP contribution in [0.2, 0.25) is 0 Å². The Morgan fingerprint density at radius 2 is 2.24 bits per heavy atom. The average Bonchev–Trinajstić information content (AvgIpc) is 2.43. The van der Waals surface area contributed by atoms with Gasteiger partial charge in [0.25, 0.3) is 0 Å². The Morgan fingerprint density at radius 3 is 2.90 bits per heavy atom. The Bertz CT molecular complexity index is 574. The second-order valence-electron chi connectivity index (χ2n) is 5.45. The molecule has 114 valence electrons. The minimum atomic E-state index is -0.817. The van der Waals surface area contributed by atoms with Crippen molar-refractivity contribution >= 4 is 33.5 Å². The van der Waals surface area contributed by atoms with Crippen molar-refractivity contribution in [2.45, 2.75) is 20.8 Å². The quantitative estimate of drug-likeness (QED) is 0.776. The van der Waals surface area contributed by atoms with Crippen LogP contribution in [0.25, 0.3) is 0 Å². The number of hydrogen-bond acceptors (Lipinski definition) is 5. The van der Waals surface area contributed by atoms with Gasteiger partial charge in [-0.2, -0.15) is 0 Å². The lowest BCUT2D eigenvalue weighted by Gasteiger charge is -2.34. The van der Waals surface area contributed by atoms with Gasteiger partial charge in [0, 0.05) is 17.6 Å². The molecule has 1 amide bonds. The molecule has 1 aromatic heterocycles. The Hall–Kier alpha value is -1.63. The summed E-state index contributed by atoms with van der Waals surface area (Å²) in [4.78, 5) is 29.5. The molecule has 0 N–H and O–H groups in total. The maximum Gasteiger partial charge on any atom is 0.302 e. The van der Waals surface area contributed by atoms with Crippen LogP contribution >= 0.6 is 15.9 Å². The number of ether oxygens (including phenoxy) is 2. The van der Waals surface area contributed by atoms with Crippen molar-refractivity contribution in [3.05, 3.63) is 16.7 Å². The van der Waals surface area contributed by atoms with Crippen molar-refractivity contribution in [2.75, 3.05) is 24.7 Å². The number of anilines is 1. The number of halogens is 1. The predicted molar refractivity (Wildman–Crippen MR) is 80.2 cm³/mol. The summed E-state index contributed by atoms with van der Waals surface area (Å²) in [6.45, 7) is 5.68. The molecule has 0 fully saturated rings. The van der Waals surface area contributed by atoms with Crippen LogP contribution in [0.1, 0.15) is 20.8 Å². The first-order valence-electron chi connectivity index (χ1n) is 6.55. The molecule has 0 radical (unpaired) electrons. The first kappa shape index (κ1) is 15.8. The smallest absolute Gasteiger partial charge is 0.302 e. The van der Waals surface area contributed by atoms with Crippen LogP contribution in [0.15, 0.2) is 16.7 Å². The summed E-state index contributed by atoms with van der Waals surface area (Å²) in [5.41, 5.74) is -0.195. The van der Waals surface area contributed by atoms with Crippen LogP contribution in [0, 0.1) is 5.41 Å². The predicted octanol–water partition coefficient (Wildman–Crippen LogP) is 2.16. The summed E-state index contributed by atoms with van der Waals surface area (Å²) in [6, 6.07) is 1.79. The van der Waals surface area contributed by atoms with E-state index in [2.05, 4.69) is 20.9 Å². The third-order valence-electron chi connectivity index (χ3n) is 3.10. The number of nitrogens with zero attached hydrogens (tertiary/aromatic N) is 2. The number of carbonyl (C=O) groups excluding carboxylic acids is 2. The normalized spacial score (nSPS) is 14.2. The highest BCUT2D eigenvalue weighted by atomic mass is 79.9. The zero-order valence-electron chi connectivity index (χ0n) is 12.2. The molecular formula is C14H17BrN2O4. The maximum atomic E-state index is 12.7. The van der Waals surface area contributed by atoms with Gasteiger partial charge in [0.05, 0.1) is 12.0 Å². The number of rotatable bonds is 3. The molecule has 2 rings (SSSR count). The lowest BCUT2D eigenvalue weighted by atomic mass is 9.92. The van der Waals surface area contributed by atoms with Crippen molar-refractivity contribution in [3.8, 4) is 5.88 Å². The van der Waals surface area contributed by atoms with E-state index in [4.69, 9.17) is 9.47 Å². The van der Waals surface area contributed by atoms with Gasteiger partial charge in [-0.25, -0.2) is 4.98 Å². The molecule has 0 atom stereocenters. The summed E-state index contributed by atoms with van der Waals surface area (Å²) in [7, 11) is 0. The molecule has 0 saturated heterocycles. The molecule has 1 aromatic rings. The Balaban J connectivity index is 2.24. The van der Waals surface area contributed by atoms with Crippen molar-refractivity contribution in [1.29, 1.82) is 0 Å². The van der Waals surface area contributed by atoms with E-state index in [9.17, 15) is 9.59 Å². The highest BCUT2D eigenvalue weighted by Gasteiger charge is 2.36. The monoisotopic (exact) mass is 356 g/mol. The van der Waals surface area contributed by atoms with E-state index < -0.39 is 11.4 Å². The van der Waals surface area contributed by atoms with Gasteiger partial charge in [-0.3, -0.25) is 9.59 Å². The van der Waals surface area contributed by atoms with Gasteiger partial charge in [0.2, 0.25) is 11.8 Å². The molecule has 6 nitrogen and oxygen atoms in total. The van der Waals surface area contributed by atoms with E-state index in [1.807, 2.05) is 0 Å². The molecule has 2 heterocycles. The topological polar surface area (TPSA) is 68.7 Å². The molecule has 0 saturated carbocycles. The Kier molecular flexibility index (Phi) is 4.51. The first-order valence-corrected chi connectivity index (χ1v) is 7.34. The summed E-state index contributed by atoms with van der Waals surface area (Å²) in [6.07, 6.45) is 1.62. The number of amides is 1. The fourth-order valence-electron chi connectivity index (χ4n) is 1.99. The van der Waals surface area contributed by atoms with E-state index in [0.29, 0.717) is 24.7 Å². The van der Waals surface area contributed by atoms with Crippen molar-refractivity contribution in [1.82, 2.24) is 4.98 Å². The number of fused-ring (bicyclic) bond motifs is 1. The number of esters is 1. The van der Waals surface area contributed by atoms with E-state index in [1.165, 1.54) is 6.92 Å². The van der Waals surface area contributed by atoms with Crippen molar-refractivity contribution < 1.29 is 19.1 Å². The van der Waals surface area contributed by atoms with Gasteiger partial charge in [0.15, 0.2) is 0 Å². The molecule has 0 bridgehead atoms.